The molecule has 1 aliphatic carbocycles. The lowest BCUT2D eigenvalue weighted by atomic mass is 9.78. The first-order valence-electron chi connectivity index (χ1n) is 8.16. The van der Waals surface area contributed by atoms with Crippen LogP contribution < -0.4 is 5.32 Å². The third kappa shape index (κ3) is 4.02. The summed E-state index contributed by atoms with van der Waals surface area (Å²) in [5, 5.41) is 13.2. The maximum Gasteiger partial charge on any atom is 0.230 e. The van der Waals surface area contributed by atoms with Crippen molar-refractivity contribution in [2.75, 3.05) is 6.54 Å². The summed E-state index contributed by atoms with van der Waals surface area (Å²) in [4.78, 5) is 12.9. The van der Waals surface area contributed by atoms with Gasteiger partial charge in [0.15, 0.2) is 0 Å². The van der Waals surface area contributed by atoms with E-state index >= 15 is 0 Å². The minimum absolute atomic E-state index is 0.102. The largest absolute Gasteiger partial charge is 0.393 e. The highest BCUT2D eigenvalue weighted by atomic mass is 35.5. The molecule has 4 heteroatoms. The monoisotopic (exact) mass is 323 g/mol. The summed E-state index contributed by atoms with van der Waals surface area (Å²) in [7, 11) is 0. The van der Waals surface area contributed by atoms with Crippen molar-refractivity contribution in [3.8, 4) is 0 Å². The molecule has 122 valence electrons. The average Bonchev–Trinajstić information content (AvgIpc) is 2.95. The van der Waals surface area contributed by atoms with E-state index in [-0.39, 0.29) is 17.9 Å². The van der Waals surface area contributed by atoms with Crippen LogP contribution in [-0.4, -0.2) is 23.7 Å². The van der Waals surface area contributed by atoms with Crippen molar-refractivity contribution in [3.05, 3.63) is 34.9 Å². The van der Waals surface area contributed by atoms with Gasteiger partial charge in [-0.05, 0) is 49.8 Å². The number of nitrogens with one attached hydrogen (secondary N) is 1. The summed E-state index contributed by atoms with van der Waals surface area (Å²) in [5.74, 6) is 0.367. The van der Waals surface area contributed by atoms with E-state index in [2.05, 4.69) is 5.32 Å². The average molecular weight is 324 g/mol. The molecule has 1 aromatic carbocycles. The molecular formula is C18H26ClNO2. The van der Waals surface area contributed by atoms with Gasteiger partial charge in [-0.15, -0.1) is 0 Å². The maximum absolute atomic E-state index is 12.9. The zero-order valence-corrected chi connectivity index (χ0v) is 14.2. The Labute approximate surface area is 138 Å². The molecule has 1 aromatic rings. The van der Waals surface area contributed by atoms with Gasteiger partial charge in [-0.2, -0.15) is 0 Å². The van der Waals surface area contributed by atoms with Crippen molar-refractivity contribution in [2.45, 2.75) is 57.5 Å². The van der Waals surface area contributed by atoms with Gasteiger partial charge in [0, 0.05) is 11.6 Å². The van der Waals surface area contributed by atoms with Crippen LogP contribution in [0.1, 0.15) is 51.5 Å². The fourth-order valence-electron chi connectivity index (χ4n) is 3.51. The van der Waals surface area contributed by atoms with Gasteiger partial charge in [0.05, 0.1) is 11.5 Å². The van der Waals surface area contributed by atoms with Gasteiger partial charge in [-0.1, -0.05) is 43.5 Å². The van der Waals surface area contributed by atoms with Crippen molar-refractivity contribution >= 4 is 17.5 Å². The van der Waals surface area contributed by atoms with Crippen LogP contribution in [0.5, 0.6) is 0 Å². The number of carbonyl (C=O) groups excluding carboxylic acids is 1. The van der Waals surface area contributed by atoms with Gasteiger partial charge in [0.2, 0.25) is 5.91 Å². The number of carbonyl (C=O) groups is 1. The molecule has 0 saturated heterocycles. The molecule has 2 unspecified atom stereocenters. The first kappa shape index (κ1) is 17.3. The Hall–Kier alpha value is -1.06. The predicted molar refractivity (Wildman–Crippen MR) is 90.1 cm³/mol. The quantitative estimate of drug-likeness (QED) is 0.839. The highest BCUT2D eigenvalue weighted by molar-refractivity contribution is 6.30. The third-order valence-corrected chi connectivity index (χ3v) is 4.86. The molecule has 0 bridgehead atoms. The zero-order valence-electron chi connectivity index (χ0n) is 13.4. The molecule has 0 heterocycles. The Morgan fingerprint density at radius 1 is 1.36 bits per heavy atom. The topological polar surface area (TPSA) is 49.3 Å². The lowest BCUT2D eigenvalue weighted by Gasteiger charge is -2.29. The standard InChI is InChI=1S/C18H26ClNO2/c1-13(10-14(2)21)12-20-17(22)18(8-3-4-9-18)15-6-5-7-16(19)11-15/h5-7,11,13-14,21H,3-4,8-10,12H2,1-2H3,(H,20,22). The second kappa shape index (κ2) is 7.47. The number of benzene rings is 1. The second-order valence-electron chi connectivity index (χ2n) is 6.70. The number of hydrogen-bond donors (Lipinski definition) is 2. The van der Waals surface area contributed by atoms with Crippen LogP contribution in [-0.2, 0) is 10.2 Å². The summed E-state index contributed by atoms with van der Waals surface area (Å²) in [6.07, 6.45) is 4.27. The molecule has 2 N–H and O–H groups in total. The van der Waals surface area contributed by atoms with Crippen LogP contribution in [0.25, 0.3) is 0 Å². The molecule has 1 fully saturated rings. The molecule has 0 spiro atoms. The van der Waals surface area contributed by atoms with Crippen LogP contribution in [0.3, 0.4) is 0 Å². The van der Waals surface area contributed by atoms with Gasteiger partial charge >= 0.3 is 0 Å². The Balaban J connectivity index is 2.09. The van der Waals surface area contributed by atoms with E-state index in [4.69, 9.17) is 11.6 Å². The minimum atomic E-state index is -0.435. The molecule has 2 rings (SSSR count). The fourth-order valence-corrected chi connectivity index (χ4v) is 3.70. The van der Waals surface area contributed by atoms with Gasteiger partial charge in [-0.3, -0.25) is 4.79 Å². The summed E-state index contributed by atoms with van der Waals surface area (Å²) in [6.45, 7) is 4.43. The summed E-state index contributed by atoms with van der Waals surface area (Å²) in [5.41, 5.74) is 0.591. The first-order chi connectivity index (χ1) is 10.4. The normalized spacial score (nSPS) is 19.6. The predicted octanol–water partition coefficient (Wildman–Crippen LogP) is 3.68. The number of amides is 1. The third-order valence-electron chi connectivity index (χ3n) is 4.62. The number of hydrogen-bond acceptors (Lipinski definition) is 2. The second-order valence-corrected chi connectivity index (χ2v) is 7.14. The van der Waals surface area contributed by atoms with E-state index in [1.54, 1.807) is 6.92 Å². The molecule has 0 radical (unpaired) electrons. The van der Waals surface area contributed by atoms with Crippen molar-refractivity contribution in [2.24, 2.45) is 5.92 Å². The van der Waals surface area contributed by atoms with Crippen molar-refractivity contribution in [1.82, 2.24) is 5.32 Å². The smallest absolute Gasteiger partial charge is 0.230 e. The van der Waals surface area contributed by atoms with E-state index < -0.39 is 5.41 Å². The highest BCUT2D eigenvalue weighted by Crippen LogP contribution is 2.42. The van der Waals surface area contributed by atoms with Crippen LogP contribution in [0, 0.1) is 5.92 Å². The van der Waals surface area contributed by atoms with Gasteiger partial charge in [0.1, 0.15) is 0 Å². The molecule has 1 saturated carbocycles. The number of rotatable bonds is 6. The van der Waals surface area contributed by atoms with E-state index in [1.807, 2.05) is 31.2 Å². The van der Waals surface area contributed by atoms with Gasteiger partial charge in [0.25, 0.3) is 0 Å². The van der Waals surface area contributed by atoms with Gasteiger partial charge in [-0.25, -0.2) is 0 Å². The van der Waals surface area contributed by atoms with Crippen LogP contribution in [0.15, 0.2) is 24.3 Å². The number of aliphatic hydroxyl groups is 1. The molecule has 1 aliphatic rings. The Morgan fingerprint density at radius 2 is 2.05 bits per heavy atom. The van der Waals surface area contributed by atoms with E-state index in [1.165, 1.54) is 0 Å². The van der Waals surface area contributed by atoms with E-state index in [9.17, 15) is 9.90 Å². The fraction of sp³-hybridized carbons (Fsp3) is 0.611. The Kier molecular flexibility index (Phi) is 5.87. The molecule has 0 aromatic heterocycles. The van der Waals surface area contributed by atoms with Crippen molar-refractivity contribution in [3.63, 3.8) is 0 Å². The minimum Gasteiger partial charge on any atom is -0.393 e. The van der Waals surface area contributed by atoms with E-state index in [0.717, 1.165) is 31.2 Å². The lowest BCUT2D eigenvalue weighted by Crippen LogP contribution is -2.44. The number of aliphatic hydroxyl groups excluding tert-OH is 1. The van der Waals surface area contributed by atoms with Crippen molar-refractivity contribution in [1.29, 1.82) is 0 Å². The highest BCUT2D eigenvalue weighted by Gasteiger charge is 2.42. The molecule has 0 aliphatic heterocycles. The van der Waals surface area contributed by atoms with Gasteiger partial charge < -0.3 is 10.4 Å². The SMILES string of the molecule is CC(O)CC(C)CNC(=O)C1(c2cccc(Cl)c2)CCCC1. The molecule has 22 heavy (non-hydrogen) atoms. The Bertz CT molecular complexity index is 510. The zero-order chi connectivity index (χ0) is 16.2. The van der Waals surface area contributed by atoms with E-state index in [0.29, 0.717) is 18.0 Å². The van der Waals surface area contributed by atoms with Crippen LogP contribution in [0.4, 0.5) is 0 Å². The molecule has 2 atom stereocenters. The summed E-state index contributed by atoms with van der Waals surface area (Å²) in [6, 6.07) is 7.69. The van der Waals surface area contributed by atoms with Crippen LogP contribution >= 0.6 is 11.6 Å². The number of halogens is 1. The lowest BCUT2D eigenvalue weighted by molar-refractivity contribution is -0.126. The Morgan fingerprint density at radius 3 is 2.64 bits per heavy atom. The maximum atomic E-state index is 12.9. The summed E-state index contributed by atoms with van der Waals surface area (Å²) >= 11 is 6.12. The molecular weight excluding hydrogens is 298 g/mol. The molecule has 3 nitrogen and oxygen atoms in total. The summed E-state index contributed by atoms with van der Waals surface area (Å²) < 4.78 is 0. The first-order valence-corrected chi connectivity index (χ1v) is 8.54. The molecule has 1 amide bonds. The van der Waals surface area contributed by atoms with Crippen LogP contribution in [0.2, 0.25) is 5.02 Å². The van der Waals surface area contributed by atoms with Crippen molar-refractivity contribution < 1.29 is 9.90 Å².